The number of aromatic hydroxyl groups is 1. The largest absolute Gasteiger partial charge is 0.506 e. The number of carbonyl (C=O) groups excluding carboxylic acids is 1. The predicted octanol–water partition coefficient (Wildman–Crippen LogP) is 1.12. The molecule has 0 bridgehead atoms. The molecule has 0 spiro atoms. The lowest BCUT2D eigenvalue weighted by atomic mass is 9.98. The Hall–Kier alpha value is -2.03. The third kappa shape index (κ3) is 2.77. The van der Waals surface area contributed by atoms with Gasteiger partial charge in [0.25, 0.3) is 5.91 Å². The van der Waals surface area contributed by atoms with Crippen LogP contribution in [-0.2, 0) is 21.4 Å². The lowest BCUT2D eigenvalue weighted by Gasteiger charge is -2.34. The monoisotopic (exact) mass is 357 g/mol. The van der Waals surface area contributed by atoms with Crippen LogP contribution in [0.25, 0.3) is 0 Å². The Balaban J connectivity index is 2.10. The van der Waals surface area contributed by atoms with Crippen molar-refractivity contribution < 1.29 is 22.7 Å². The van der Waals surface area contributed by atoms with E-state index in [1.807, 2.05) is 18.7 Å². The number of amides is 1. The molecule has 1 saturated heterocycles. The quantitative estimate of drug-likeness (QED) is 0.846. The van der Waals surface area contributed by atoms with Crippen molar-refractivity contribution in [3.8, 4) is 5.75 Å². The van der Waals surface area contributed by atoms with Gasteiger partial charge in [0.2, 0.25) is 0 Å². The molecule has 2 N–H and O–H groups in total. The van der Waals surface area contributed by atoms with E-state index < -0.39 is 39.9 Å². The number of phenolic OH excluding ortho intramolecular Hbond substituents is 1. The number of fused-ring (bicyclic) bond motifs is 1. The molecule has 132 valence electrons. The van der Waals surface area contributed by atoms with Crippen molar-refractivity contribution in [3.63, 3.8) is 0 Å². The highest BCUT2D eigenvalue weighted by Gasteiger charge is 2.39. The molecule has 0 saturated carbocycles. The average molecular weight is 357 g/mol. The van der Waals surface area contributed by atoms with E-state index in [0.29, 0.717) is 34.4 Å². The van der Waals surface area contributed by atoms with E-state index in [1.54, 1.807) is 4.72 Å². The van der Waals surface area contributed by atoms with Crippen molar-refractivity contribution >= 4 is 27.5 Å². The van der Waals surface area contributed by atoms with Crippen LogP contribution < -0.4 is 13.9 Å². The van der Waals surface area contributed by atoms with Crippen molar-refractivity contribution in [2.24, 2.45) is 5.92 Å². The standard InChI is InChI=1S/C15H20FN3O4S/c1-9(2)7-18-5-3-4-10-11(18)6-12(20)15(14(10)16)19-8-13(21)17-24(19,22)23/h6,9,20H,3-5,7-8H2,1-2H3,(H,17,21). The summed E-state index contributed by atoms with van der Waals surface area (Å²) >= 11 is 0. The predicted molar refractivity (Wildman–Crippen MR) is 87.8 cm³/mol. The second kappa shape index (κ2) is 5.80. The molecule has 3 rings (SSSR count). The number of halogens is 1. The Kier molecular flexibility index (Phi) is 4.06. The van der Waals surface area contributed by atoms with Gasteiger partial charge in [0.05, 0.1) is 0 Å². The molecule has 0 atom stereocenters. The van der Waals surface area contributed by atoms with Gasteiger partial charge in [0.15, 0.2) is 5.82 Å². The van der Waals surface area contributed by atoms with Crippen LogP contribution in [0, 0.1) is 11.7 Å². The van der Waals surface area contributed by atoms with E-state index in [0.717, 1.165) is 13.0 Å². The van der Waals surface area contributed by atoms with Crippen molar-refractivity contribution in [3.05, 3.63) is 17.4 Å². The molecule has 1 amide bonds. The first-order valence-electron chi connectivity index (χ1n) is 7.83. The fraction of sp³-hybridized carbons (Fsp3) is 0.533. The summed E-state index contributed by atoms with van der Waals surface area (Å²) in [5.74, 6) is -1.66. The second-order valence-electron chi connectivity index (χ2n) is 6.54. The number of hydrogen-bond donors (Lipinski definition) is 2. The van der Waals surface area contributed by atoms with Gasteiger partial charge in [-0.2, -0.15) is 8.42 Å². The first-order chi connectivity index (χ1) is 11.2. The average Bonchev–Trinajstić information content (AvgIpc) is 2.72. The molecule has 1 aromatic carbocycles. The third-order valence-corrected chi connectivity index (χ3v) is 5.53. The molecule has 2 aliphatic rings. The second-order valence-corrected chi connectivity index (χ2v) is 8.13. The zero-order chi connectivity index (χ0) is 17.6. The number of nitrogens with zero attached hydrogens (tertiary/aromatic N) is 2. The number of hydrogen-bond acceptors (Lipinski definition) is 5. The molecule has 0 aromatic heterocycles. The minimum absolute atomic E-state index is 0.363. The van der Waals surface area contributed by atoms with Crippen molar-refractivity contribution in [1.82, 2.24) is 4.72 Å². The van der Waals surface area contributed by atoms with Crippen LogP contribution in [0.1, 0.15) is 25.8 Å². The first-order valence-corrected chi connectivity index (χ1v) is 9.27. The van der Waals surface area contributed by atoms with Crippen molar-refractivity contribution in [2.75, 3.05) is 28.8 Å². The van der Waals surface area contributed by atoms with Crippen LogP contribution in [0.4, 0.5) is 15.8 Å². The van der Waals surface area contributed by atoms with Crippen LogP contribution in [0.15, 0.2) is 6.07 Å². The Labute approximate surface area is 140 Å². The van der Waals surface area contributed by atoms with Crippen molar-refractivity contribution in [1.29, 1.82) is 0 Å². The Morgan fingerprint density at radius 3 is 2.71 bits per heavy atom. The molecular weight excluding hydrogens is 337 g/mol. The Morgan fingerprint density at radius 1 is 1.42 bits per heavy atom. The molecule has 24 heavy (non-hydrogen) atoms. The van der Waals surface area contributed by atoms with Crippen LogP contribution in [0.3, 0.4) is 0 Å². The highest BCUT2D eigenvalue weighted by Crippen LogP contribution is 2.42. The maximum absolute atomic E-state index is 15.0. The summed E-state index contributed by atoms with van der Waals surface area (Å²) in [6.07, 6.45) is 1.20. The van der Waals surface area contributed by atoms with Gasteiger partial charge in [-0.25, -0.2) is 13.4 Å². The molecule has 0 aliphatic carbocycles. The van der Waals surface area contributed by atoms with Gasteiger partial charge < -0.3 is 10.0 Å². The number of carbonyl (C=O) groups is 1. The van der Waals surface area contributed by atoms with Gasteiger partial charge in [-0.15, -0.1) is 0 Å². The minimum Gasteiger partial charge on any atom is -0.506 e. The minimum atomic E-state index is -4.17. The number of phenols is 1. The molecule has 9 heteroatoms. The summed E-state index contributed by atoms with van der Waals surface area (Å²) in [6.45, 7) is 5.03. The number of rotatable bonds is 3. The summed E-state index contributed by atoms with van der Waals surface area (Å²) in [5, 5.41) is 10.3. The fourth-order valence-electron chi connectivity index (χ4n) is 3.25. The Morgan fingerprint density at radius 2 is 2.12 bits per heavy atom. The van der Waals surface area contributed by atoms with Gasteiger partial charge in [-0.1, -0.05) is 13.8 Å². The van der Waals surface area contributed by atoms with Gasteiger partial charge in [-0.05, 0) is 18.8 Å². The van der Waals surface area contributed by atoms with Crippen LogP contribution in [0.5, 0.6) is 5.75 Å². The number of nitrogens with one attached hydrogen (secondary N) is 1. The zero-order valence-electron chi connectivity index (χ0n) is 13.5. The normalized spacial score (nSPS) is 19.6. The van der Waals surface area contributed by atoms with E-state index in [4.69, 9.17) is 0 Å². The lowest BCUT2D eigenvalue weighted by molar-refractivity contribution is -0.117. The molecule has 1 aromatic rings. The lowest BCUT2D eigenvalue weighted by Crippen LogP contribution is -2.34. The smallest absolute Gasteiger partial charge is 0.326 e. The molecule has 7 nitrogen and oxygen atoms in total. The van der Waals surface area contributed by atoms with E-state index >= 15 is 4.39 Å². The summed E-state index contributed by atoms with van der Waals surface area (Å²) in [4.78, 5) is 13.4. The first kappa shape index (κ1) is 16.8. The van der Waals surface area contributed by atoms with Gasteiger partial charge >= 0.3 is 10.2 Å². The molecule has 2 heterocycles. The third-order valence-electron chi connectivity index (χ3n) is 4.15. The summed E-state index contributed by atoms with van der Waals surface area (Å²) in [6, 6.07) is 1.40. The van der Waals surface area contributed by atoms with Crippen LogP contribution in [-0.4, -0.2) is 39.1 Å². The van der Waals surface area contributed by atoms with E-state index in [2.05, 4.69) is 0 Å². The van der Waals surface area contributed by atoms with Gasteiger partial charge in [0.1, 0.15) is 18.0 Å². The molecule has 1 fully saturated rings. The Bertz CT molecular complexity index is 794. The zero-order valence-corrected chi connectivity index (χ0v) is 14.4. The SMILES string of the molecule is CC(C)CN1CCCc2c1cc(O)c(N1CC(=O)NS1(=O)=O)c2F. The summed E-state index contributed by atoms with van der Waals surface area (Å²) in [5.41, 5.74) is 0.507. The van der Waals surface area contributed by atoms with Gasteiger partial charge in [0, 0.05) is 30.4 Å². The number of anilines is 2. The summed E-state index contributed by atoms with van der Waals surface area (Å²) in [7, 11) is -4.17. The topological polar surface area (TPSA) is 89.9 Å². The van der Waals surface area contributed by atoms with Crippen molar-refractivity contribution in [2.45, 2.75) is 26.7 Å². The van der Waals surface area contributed by atoms with E-state index in [9.17, 15) is 18.3 Å². The highest BCUT2D eigenvalue weighted by atomic mass is 32.2. The highest BCUT2D eigenvalue weighted by molar-refractivity contribution is 7.92. The maximum atomic E-state index is 15.0. The van der Waals surface area contributed by atoms with Crippen LogP contribution in [0.2, 0.25) is 0 Å². The summed E-state index contributed by atoms with van der Waals surface area (Å²) < 4.78 is 41.3. The van der Waals surface area contributed by atoms with Gasteiger partial charge in [-0.3, -0.25) is 4.79 Å². The number of benzene rings is 1. The van der Waals surface area contributed by atoms with Crippen LogP contribution >= 0.6 is 0 Å². The molecule has 2 aliphatic heterocycles. The van der Waals surface area contributed by atoms with E-state index in [-0.39, 0.29) is 0 Å². The molecule has 0 radical (unpaired) electrons. The molecule has 0 unspecified atom stereocenters. The van der Waals surface area contributed by atoms with E-state index in [1.165, 1.54) is 6.07 Å². The fourth-order valence-corrected chi connectivity index (χ4v) is 4.42. The molecular formula is C15H20FN3O4S. The maximum Gasteiger partial charge on any atom is 0.326 e.